The maximum Gasteiger partial charge on any atom is 0.453 e. The lowest BCUT2D eigenvalue weighted by Gasteiger charge is -2.19. The summed E-state index contributed by atoms with van der Waals surface area (Å²) < 4.78 is 44.1. The molecule has 0 aliphatic rings. The second-order valence-electron chi connectivity index (χ2n) is 5.95. The zero-order valence-electron chi connectivity index (χ0n) is 13.4. The molecule has 0 N–H and O–H groups in total. The SMILES string of the molecule is CC(C)(C)OC(=O)n1nc(C(F)(F)F)nc1-c1ccc([N+](=O)[O-])cc1. The van der Waals surface area contributed by atoms with E-state index in [0.717, 1.165) is 12.1 Å². The largest absolute Gasteiger partial charge is 0.453 e. The molecular formula is C14H13F3N4O4. The Morgan fingerprint density at radius 2 is 1.76 bits per heavy atom. The molecule has 2 aromatic rings. The smallest absolute Gasteiger partial charge is 0.442 e. The molecule has 0 fully saturated rings. The van der Waals surface area contributed by atoms with E-state index in [-0.39, 0.29) is 11.3 Å². The average Bonchev–Trinajstić information content (AvgIpc) is 2.91. The number of alkyl halides is 3. The van der Waals surface area contributed by atoms with Gasteiger partial charge >= 0.3 is 12.3 Å². The van der Waals surface area contributed by atoms with Gasteiger partial charge in [-0.05, 0) is 32.9 Å². The van der Waals surface area contributed by atoms with Crippen molar-refractivity contribution in [3.05, 3.63) is 40.2 Å². The normalized spacial score (nSPS) is 12.1. The van der Waals surface area contributed by atoms with Crippen LogP contribution in [0.15, 0.2) is 24.3 Å². The number of benzene rings is 1. The van der Waals surface area contributed by atoms with E-state index in [2.05, 4.69) is 10.1 Å². The number of halogens is 3. The van der Waals surface area contributed by atoms with Crippen LogP contribution in [0.2, 0.25) is 0 Å². The highest BCUT2D eigenvalue weighted by Gasteiger charge is 2.38. The third kappa shape index (κ3) is 4.31. The molecule has 0 saturated heterocycles. The third-order valence-corrected chi connectivity index (χ3v) is 2.76. The van der Waals surface area contributed by atoms with Crippen LogP contribution in [0.5, 0.6) is 0 Å². The summed E-state index contributed by atoms with van der Waals surface area (Å²) in [6.07, 6.45) is -6.02. The first kappa shape index (κ1) is 18.4. The molecule has 0 spiro atoms. The van der Waals surface area contributed by atoms with Crippen molar-refractivity contribution in [1.82, 2.24) is 14.8 Å². The Hall–Kier alpha value is -2.98. The summed E-state index contributed by atoms with van der Waals surface area (Å²) in [7, 11) is 0. The van der Waals surface area contributed by atoms with Gasteiger partial charge in [0, 0.05) is 17.7 Å². The summed E-state index contributed by atoms with van der Waals surface area (Å²) >= 11 is 0. The first-order chi connectivity index (χ1) is 11.4. The van der Waals surface area contributed by atoms with Gasteiger partial charge in [0.25, 0.3) is 11.5 Å². The first-order valence-electron chi connectivity index (χ1n) is 6.91. The van der Waals surface area contributed by atoms with E-state index in [0.29, 0.717) is 4.68 Å². The number of hydrogen-bond donors (Lipinski definition) is 0. The number of nitrogens with zero attached hydrogens (tertiary/aromatic N) is 4. The van der Waals surface area contributed by atoms with Gasteiger partial charge in [0.05, 0.1) is 4.92 Å². The van der Waals surface area contributed by atoms with Gasteiger partial charge in [0.1, 0.15) is 5.60 Å². The molecule has 11 heteroatoms. The number of non-ortho nitro benzene ring substituents is 1. The van der Waals surface area contributed by atoms with Crippen molar-refractivity contribution < 1.29 is 27.6 Å². The second-order valence-corrected chi connectivity index (χ2v) is 5.95. The monoisotopic (exact) mass is 358 g/mol. The van der Waals surface area contributed by atoms with Gasteiger partial charge < -0.3 is 4.74 Å². The summed E-state index contributed by atoms with van der Waals surface area (Å²) in [6, 6.07) is 4.50. The van der Waals surface area contributed by atoms with Gasteiger partial charge in [-0.2, -0.15) is 13.2 Å². The van der Waals surface area contributed by atoms with E-state index in [1.54, 1.807) is 0 Å². The zero-order valence-corrected chi connectivity index (χ0v) is 13.4. The van der Waals surface area contributed by atoms with Crippen LogP contribution < -0.4 is 0 Å². The number of ether oxygens (including phenoxy) is 1. The summed E-state index contributed by atoms with van der Waals surface area (Å²) in [6.45, 7) is 4.62. The molecule has 0 unspecified atom stereocenters. The van der Waals surface area contributed by atoms with E-state index in [4.69, 9.17) is 4.74 Å². The maximum absolute atomic E-state index is 12.9. The Bertz CT molecular complexity index is 807. The second kappa shape index (κ2) is 6.15. The number of nitro groups is 1. The lowest BCUT2D eigenvalue weighted by molar-refractivity contribution is -0.384. The van der Waals surface area contributed by atoms with Crippen molar-refractivity contribution in [2.75, 3.05) is 0 Å². The van der Waals surface area contributed by atoms with Crippen LogP contribution in [0.3, 0.4) is 0 Å². The van der Waals surface area contributed by atoms with Gasteiger partial charge in [0.2, 0.25) is 0 Å². The maximum atomic E-state index is 12.9. The molecule has 0 aliphatic carbocycles. The summed E-state index contributed by atoms with van der Waals surface area (Å²) in [4.78, 5) is 25.5. The van der Waals surface area contributed by atoms with Crippen LogP contribution >= 0.6 is 0 Å². The van der Waals surface area contributed by atoms with E-state index in [1.165, 1.54) is 32.9 Å². The Morgan fingerprint density at radius 3 is 2.20 bits per heavy atom. The van der Waals surface area contributed by atoms with E-state index in [9.17, 15) is 28.1 Å². The lowest BCUT2D eigenvalue weighted by atomic mass is 10.2. The zero-order chi connectivity index (χ0) is 19.0. The van der Waals surface area contributed by atoms with Crippen molar-refractivity contribution in [2.45, 2.75) is 32.5 Å². The Balaban J connectivity index is 2.53. The van der Waals surface area contributed by atoms with Crippen LogP contribution in [0, 0.1) is 10.1 Å². The average molecular weight is 358 g/mol. The van der Waals surface area contributed by atoms with Gasteiger partial charge in [0.15, 0.2) is 5.82 Å². The Labute approximate surface area is 139 Å². The molecule has 134 valence electrons. The molecular weight excluding hydrogens is 345 g/mol. The van der Waals surface area contributed by atoms with Gasteiger partial charge in [-0.3, -0.25) is 10.1 Å². The molecule has 8 nitrogen and oxygen atoms in total. The fraction of sp³-hybridized carbons (Fsp3) is 0.357. The lowest BCUT2D eigenvalue weighted by Crippen LogP contribution is -2.28. The van der Waals surface area contributed by atoms with Gasteiger partial charge in [-0.1, -0.05) is 0 Å². The summed E-state index contributed by atoms with van der Waals surface area (Å²) in [5.41, 5.74) is -1.18. The number of carbonyl (C=O) groups excluding carboxylic acids is 1. The van der Waals surface area contributed by atoms with E-state index in [1.807, 2.05) is 0 Å². The minimum Gasteiger partial charge on any atom is -0.442 e. The van der Waals surface area contributed by atoms with Crippen molar-refractivity contribution in [2.24, 2.45) is 0 Å². The molecule has 1 heterocycles. The number of aromatic nitrogens is 3. The molecule has 0 bridgehead atoms. The minimum absolute atomic E-state index is 0.0412. The highest BCUT2D eigenvalue weighted by Crippen LogP contribution is 2.30. The molecule has 2 rings (SSSR count). The van der Waals surface area contributed by atoms with Crippen molar-refractivity contribution >= 4 is 11.8 Å². The van der Waals surface area contributed by atoms with E-state index >= 15 is 0 Å². The molecule has 1 aromatic carbocycles. The molecule has 0 radical (unpaired) electrons. The van der Waals surface area contributed by atoms with Crippen LogP contribution in [0.4, 0.5) is 23.7 Å². The number of nitro benzene ring substituents is 1. The standard InChI is InChI=1S/C14H13F3N4O4/c1-13(2,3)25-12(22)20-10(18-11(19-20)14(15,16)17)8-4-6-9(7-5-8)21(23)24/h4-7H,1-3H3. The van der Waals surface area contributed by atoms with Gasteiger partial charge in [-0.15, -0.1) is 9.78 Å². The van der Waals surface area contributed by atoms with Crippen molar-refractivity contribution in [3.8, 4) is 11.4 Å². The highest BCUT2D eigenvalue weighted by molar-refractivity contribution is 5.76. The summed E-state index contributed by atoms with van der Waals surface area (Å²) in [5.74, 6) is -1.96. The third-order valence-electron chi connectivity index (χ3n) is 2.76. The van der Waals surface area contributed by atoms with E-state index < -0.39 is 34.4 Å². The fourth-order valence-corrected chi connectivity index (χ4v) is 1.78. The molecule has 0 atom stereocenters. The van der Waals surface area contributed by atoms with Crippen LogP contribution in [0.25, 0.3) is 11.4 Å². The van der Waals surface area contributed by atoms with Crippen LogP contribution in [-0.4, -0.2) is 31.4 Å². The summed E-state index contributed by atoms with van der Waals surface area (Å²) in [5, 5.41) is 13.8. The molecule has 25 heavy (non-hydrogen) atoms. The first-order valence-corrected chi connectivity index (χ1v) is 6.91. The highest BCUT2D eigenvalue weighted by atomic mass is 19.4. The fourth-order valence-electron chi connectivity index (χ4n) is 1.78. The molecule has 0 aliphatic heterocycles. The van der Waals surface area contributed by atoms with Crippen LogP contribution in [-0.2, 0) is 10.9 Å². The van der Waals surface area contributed by atoms with Gasteiger partial charge in [-0.25, -0.2) is 9.78 Å². The molecule has 0 amide bonds. The van der Waals surface area contributed by atoms with Crippen molar-refractivity contribution in [3.63, 3.8) is 0 Å². The predicted octanol–water partition coefficient (Wildman–Crippen LogP) is 3.66. The molecule has 0 saturated carbocycles. The number of rotatable bonds is 2. The molecule has 1 aromatic heterocycles. The van der Waals surface area contributed by atoms with Crippen molar-refractivity contribution in [1.29, 1.82) is 0 Å². The van der Waals surface area contributed by atoms with Crippen LogP contribution in [0.1, 0.15) is 26.6 Å². The predicted molar refractivity (Wildman–Crippen MR) is 78.7 cm³/mol. The topological polar surface area (TPSA) is 100 Å². The number of hydrogen-bond acceptors (Lipinski definition) is 6. The number of carbonyl (C=O) groups is 1. The quantitative estimate of drug-likeness (QED) is 0.600. The Morgan fingerprint density at radius 1 is 1.20 bits per heavy atom. The Kier molecular flexibility index (Phi) is 4.51. The minimum atomic E-state index is -4.87.